The van der Waals surface area contributed by atoms with E-state index in [-0.39, 0.29) is 5.69 Å². The maximum absolute atomic E-state index is 10.7. The van der Waals surface area contributed by atoms with Crippen molar-refractivity contribution in [1.29, 1.82) is 0 Å². The highest BCUT2D eigenvalue weighted by atomic mass is 16.6. The van der Waals surface area contributed by atoms with E-state index in [9.17, 15) is 10.1 Å². The predicted molar refractivity (Wildman–Crippen MR) is 79.6 cm³/mol. The average Bonchev–Trinajstić information content (AvgIpc) is 2.56. The molecular weight excluding hydrogens is 266 g/mol. The highest BCUT2D eigenvalue weighted by Gasteiger charge is 2.07. The van der Waals surface area contributed by atoms with Crippen molar-refractivity contribution < 1.29 is 4.92 Å². The Labute approximate surface area is 121 Å². The SMILES string of the molecule is O=[N+]([O-])c1ccc(-c2cccc(-c3cccnc3)n2)cc1. The molecule has 102 valence electrons. The number of nitro benzene ring substituents is 1. The Balaban J connectivity index is 1.98. The van der Waals surface area contributed by atoms with Gasteiger partial charge in [0.1, 0.15) is 0 Å². The van der Waals surface area contributed by atoms with E-state index in [1.807, 2.05) is 30.3 Å². The van der Waals surface area contributed by atoms with Gasteiger partial charge >= 0.3 is 0 Å². The van der Waals surface area contributed by atoms with Crippen LogP contribution in [0.2, 0.25) is 0 Å². The fourth-order valence-electron chi connectivity index (χ4n) is 2.02. The normalized spacial score (nSPS) is 10.3. The lowest BCUT2D eigenvalue weighted by Gasteiger charge is -2.04. The zero-order valence-corrected chi connectivity index (χ0v) is 11.0. The number of hydrogen-bond donors (Lipinski definition) is 0. The van der Waals surface area contributed by atoms with Gasteiger partial charge in [0, 0.05) is 35.7 Å². The van der Waals surface area contributed by atoms with Crippen LogP contribution in [0.3, 0.4) is 0 Å². The van der Waals surface area contributed by atoms with Gasteiger partial charge in [0.05, 0.1) is 16.3 Å². The Morgan fingerprint density at radius 2 is 1.57 bits per heavy atom. The average molecular weight is 277 g/mol. The molecule has 2 heterocycles. The molecule has 0 N–H and O–H groups in total. The van der Waals surface area contributed by atoms with Crippen LogP contribution >= 0.6 is 0 Å². The van der Waals surface area contributed by atoms with E-state index in [0.717, 1.165) is 22.5 Å². The Morgan fingerprint density at radius 3 is 2.19 bits per heavy atom. The first kappa shape index (κ1) is 12.9. The summed E-state index contributed by atoms with van der Waals surface area (Å²) in [5.74, 6) is 0. The first-order valence-electron chi connectivity index (χ1n) is 6.36. The number of nitro groups is 1. The molecule has 5 nitrogen and oxygen atoms in total. The predicted octanol–water partition coefficient (Wildman–Crippen LogP) is 3.72. The number of rotatable bonds is 3. The molecule has 0 saturated carbocycles. The Hall–Kier alpha value is -3.08. The minimum Gasteiger partial charge on any atom is -0.264 e. The Morgan fingerprint density at radius 1 is 0.857 bits per heavy atom. The van der Waals surface area contributed by atoms with Gasteiger partial charge in [-0.05, 0) is 36.4 Å². The molecule has 21 heavy (non-hydrogen) atoms. The third kappa shape index (κ3) is 2.76. The van der Waals surface area contributed by atoms with E-state index in [2.05, 4.69) is 9.97 Å². The number of benzene rings is 1. The minimum atomic E-state index is -0.413. The van der Waals surface area contributed by atoms with Crippen molar-refractivity contribution in [2.45, 2.75) is 0 Å². The summed E-state index contributed by atoms with van der Waals surface area (Å²) in [6.45, 7) is 0. The fourth-order valence-corrected chi connectivity index (χ4v) is 2.02. The molecule has 0 unspecified atom stereocenters. The van der Waals surface area contributed by atoms with Gasteiger partial charge in [-0.2, -0.15) is 0 Å². The van der Waals surface area contributed by atoms with Crippen LogP contribution in [-0.2, 0) is 0 Å². The summed E-state index contributed by atoms with van der Waals surface area (Å²) < 4.78 is 0. The van der Waals surface area contributed by atoms with Gasteiger partial charge in [0.15, 0.2) is 0 Å². The van der Waals surface area contributed by atoms with E-state index in [4.69, 9.17) is 0 Å². The van der Waals surface area contributed by atoms with E-state index < -0.39 is 4.92 Å². The van der Waals surface area contributed by atoms with Crippen molar-refractivity contribution in [2.75, 3.05) is 0 Å². The highest BCUT2D eigenvalue weighted by molar-refractivity contribution is 5.66. The van der Waals surface area contributed by atoms with Gasteiger partial charge in [-0.1, -0.05) is 6.07 Å². The van der Waals surface area contributed by atoms with Crippen LogP contribution in [0.1, 0.15) is 0 Å². The highest BCUT2D eigenvalue weighted by Crippen LogP contribution is 2.23. The fraction of sp³-hybridized carbons (Fsp3) is 0. The lowest BCUT2D eigenvalue weighted by molar-refractivity contribution is -0.384. The van der Waals surface area contributed by atoms with Gasteiger partial charge in [-0.25, -0.2) is 4.98 Å². The van der Waals surface area contributed by atoms with Crippen molar-refractivity contribution in [3.8, 4) is 22.5 Å². The lowest BCUT2D eigenvalue weighted by atomic mass is 10.1. The van der Waals surface area contributed by atoms with Crippen LogP contribution in [0, 0.1) is 10.1 Å². The summed E-state index contributed by atoms with van der Waals surface area (Å²) in [5.41, 5.74) is 3.43. The van der Waals surface area contributed by atoms with Crippen molar-refractivity contribution in [3.05, 3.63) is 77.1 Å². The smallest absolute Gasteiger partial charge is 0.264 e. The third-order valence-electron chi connectivity index (χ3n) is 3.08. The van der Waals surface area contributed by atoms with Gasteiger partial charge in [-0.15, -0.1) is 0 Å². The van der Waals surface area contributed by atoms with E-state index in [1.54, 1.807) is 24.5 Å². The Bertz CT molecular complexity index is 771. The number of aromatic nitrogens is 2. The molecule has 5 heteroatoms. The van der Waals surface area contributed by atoms with Crippen LogP contribution in [0.4, 0.5) is 5.69 Å². The monoisotopic (exact) mass is 277 g/mol. The van der Waals surface area contributed by atoms with E-state index in [0.29, 0.717) is 0 Å². The summed E-state index contributed by atoms with van der Waals surface area (Å²) in [7, 11) is 0. The summed E-state index contributed by atoms with van der Waals surface area (Å²) in [6, 6.07) is 15.9. The second-order valence-electron chi connectivity index (χ2n) is 4.45. The van der Waals surface area contributed by atoms with Gasteiger partial charge < -0.3 is 0 Å². The quantitative estimate of drug-likeness (QED) is 0.540. The zero-order chi connectivity index (χ0) is 14.7. The maximum atomic E-state index is 10.7. The zero-order valence-electron chi connectivity index (χ0n) is 11.0. The number of non-ortho nitro benzene ring substituents is 1. The molecule has 2 aromatic heterocycles. The molecule has 0 fully saturated rings. The molecule has 0 atom stereocenters. The molecule has 0 amide bonds. The van der Waals surface area contributed by atoms with Crippen LogP contribution in [0.25, 0.3) is 22.5 Å². The van der Waals surface area contributed by atoms with Gasteiger partial charge in [-0.3, -0.25) is 15.1 Å². The molecule has 0 bridgehead atoms. The number of hydrogen-bond acceptors (Lipinski definition) is 4. The van der Waals surface area contributed by atoms with E-state index >= 15 is 0 Å². The molecule has 0 aliphatic rings. The topological polar surface area (TPSA) is 68.9 Å². The van der Waals surface area contributed by atoms with Gasteiger partial charge in [0.2, 0.25) is 0 Å². The van der Waals surface area contributed by atoms with Crippen LogP contribution in [-0.4, -0.2) is 14.9 Å². The van der Waals surface area contributed by atoms with Crippen LogP contribution < -0.4 is 0 Å². The second kappa shape index (κ2) is 5.50. The van der Waals surface area contributed by atoms with Crippen molar-refractivity contribution >= 4 is 5.69 Å². The molecule has 3 aromatic rings. The van der Waals surface area contributed by atoms with Crippen molar-refractivity contribution in [2.24, 2.45) is 0 Å². The largest absolute Gasteiger partial charge is 0.269 e. The molecule has 0 aliphatic carbocycles. The first-order valence-corrected chi connectivity index (χ1v) is 6.36. The van der Waals surface area contributed by atoms with Crippen molar-refractivity contribution in [1.82, 2.24) is 9.97 Å². The molecule has 0 aliphatic heterocycles. The Kier molecular flexibility index (Phi) is 3.39. The molecule has 0 saturated heterocycles. The molecular formula is C16H11N3O2. The van der Waals surface area contributed by atoms with Gasteiger partial charge in [0.25, 0.3) is 5.69 Å². The van der Waals surface area contributed by atoms with Crippen LogP contribution in [0.15, 0.2) is 67.0 Å². The van der Waals surface area contributed by atoms with Crippen LogP contribution in [0.5, 0.6) is 0 Å². The standard InChI is InChI=1S/C16H11N3O2/c20-19(21)14-8-6-12(7-9-14)15-4-1-5-16(18-15)13-3-2-10-17-11-13/h1-11H. The summed E-state index contributed by atoms with van der Waals surface area (Å²) in [4.78, 5) is 18.9. The lowest BCUT2D eigenvalue weighted by Crippen LogP contribution is -1.90. The van der Waals surface area contributed by atoms with Crippen molar-refractivity contribution in [3.63, 3.8) is 0 Å². The third-order valence-corrected chi connectivity index (χ3v) is 3.08. The first-order chi connectivity index (χ1) is 10.2. The minimum absolute atomic E-state index is 0.0714. The maximum Gasteiger partial charge on any atom is 0.269 e. The molecule has 0 radical (unpaired) electrons. The second-order valence-corrected chi connectivity index (χ2v) is 4.45. The molecule has 0 spiro atoms. The molecule has 1 aromatic carbocycles. The molecule has 3 rings (SSSR count). The number of pyridine rings is 2. The summed E-state index contributed by atoms with van der Waals surface area (Å²) in [6.07, 6.45) is 3.46. The van der Waals surface area contributed by atoms with E-state index in [1.165, 1.54) is 12.1 Å². The number of nitrogens with zero attached hydrogens (tertiary/aromatic N) is 3. The summed E-state index contributed by atoms with van der Waals surface area (Å²) in [5, 5.41) is 10.7. The summed E-state index contributed by atoms with van der Waals surface area (Å²) >= 11 is 0.